The molecule has 15 heavy (non-hydrogen) atoms. The van der Waals surface area contributed by atoms with E-state index in [2.05, 4.69) is 4.90 Å². The molecule has 1 heterocycles. The predicted molar refractivity (Wildman–Crippen MR) is 61.9 cm³/mol. The van der Waals surface area contributed by atoms with Crippen LogP contribution in [0.2, 0.25) is 0 Å². The molecule has 1 aliphatic carbocycles. The standard InChI is InChI=1S/C12H24N2O/c13-11-5-3-6-12(11)15-10-4-9-14-7-1-2-8-14/h11-12H,1-10,13H2. The van der Waals surface area contributed by atoms with Gasteiger partial charge in [0.1, 0.15) is 0 Å². The lowest BCUT2D eigenvalue weighted by Crippen LogP contribution is -2.32. The van der Waals surface area contributed by atoms with Crippen molar-refractivity contribution in [2.45, 2.75) is 50.7 Å². The van der Waals surface area contributed by atoms with Crippen LogP contribution < -0.4 is 5.73 Å². The van der Waals surface area contributed by atoms with Crippen LogP contribution in [-0.2, 0) is 4.74 Å². The van der Waals surface area contributed by atoms with Crippen LogP contribution in [0.15, 0.2) is 0 Å². The van der Waals surface area contributed by atoms with E-state index in [4.69, 9.17) is 10.5 Å². The van der Waals surface area contributed by atoms with Crippen LogP contribution in [0.25, 0.3) is 0 Å². The predicted octanol–water partition coefficient (Wildman–Crippen LogP) is 1.37. The van der Waals surface area contributed by atoms with Gasteiger partial charge in [0.25, 0.3) is 0 Å². The maximum absolute atomic E-state index is 5.95. The van der Waals surface area contributed by atoms with Crippen LogP contribution in [0, 0.1) is 0 Å². The van der Waals surface area contributed by atoms with Gasteiger partial charge in [0, 0.05) is 19.2 Å². The van der Waals surface area contributed by atoms with E-state index in [1.807, 2.05) is 0 Å². The lowest BCUT2D eigenvalue weighted by Gasteiger charge is -2.18. The van der Waals surface area contributed by atoms with Crippen molar-refractivity contribution in [1.29, 1.82) is 0 Å². The first-order chi connectivity index (χ1) is 7.36. The Balaban J connectivity index is 1.51. The molecular weight excluding hydrogens is 188 g/mol. The van der Waals surface area contributed by atoms with E-state index < -0.39 is 0 Å². The molecule has 0 amide bonds. The molecule has 2 atom stereocenters. The third-order valence-electron chi connectivity index (χ3n) is 3.65. The van der Waals surface area contributed by atoms with Crippen molar-refractivity contribution in [2.75, 3.05) is 26.2 Å². The van der Waals surface area contributed by atoms with Gasteiger partial charge in [0.05, 0.1) is 6.10 Å². The zero-order valence-corrected chi connectivity index (χ0v) is 9.66. The van der Waals surface area contributed by atoms with E-state index in [0.29, 0.717) is 12.1 Å². The summed E-state index contributed by atoms with van der Waals surface area (Å²) >= 11 is 0. The number of likely N-dealkylation sites (tertiary alicyclic amines) is 1. The monoisotopic (exact) mass is 212 g/mol. The van der Waals surface area contributed by atoms with Gasteiger partial charge in [-0.15, -0.1) is 0 Å². The minimum Gasteiger partial charge on any atom is -0.377 e. The third kappa shape index (κ3) is 3.44. The molecule has 88 valence electrons. The highest BCUT2D eigenvalue weighted by molar-refractivity contribution is 4.80. The normalized spacial score (nSPS) is 32.6. The highest BCUT2D eigenvalue weighted by Gasteiger charge is 2.24. The number of hydrogen-bond donors (Lipinski definition) is 1. The van der Waals surface area contributed by atoms with Crippen molar-refractivity contribution in [3.63, 3.8) is 0 Å². The van der Waals surface area contributed by atoms with Gasteiger partial charge in [-0.3, -0.25) is 0 Å². The van der Waals surface area contributed by atoms with Gasteiger partial charge in [-0.2, -0.15) is 0 Å². The molecule has 1 saturated carbocycles. The third-order valence-corrected chi connectivity index (χ3v) is 3.65. The molecule has 0 aromatic heterocycles. The largest absolute Gasteiger partial charge is 0.377 e. The zero-order valence-electron chi connectivity index (χ0n) is 9.66. The molecule has 2 N–H and O–H groups in total. The van der Waals surface area contributed by atoms with Crippen molar-refractivity contribution in [3.8, 4) is 0 Å². The fourth-order valence-corrected chi connectivity index (χ4v) is 2.69. The molecule has 2 rings (SSSR count). The minimum atomic E-state index is 0.303. The molecule has 3 nitrogen and oxygen atoms in total. The maximum atomic E-state index is 5.95. The maximum Gasteiger partial charge on any atom is 0.0725 e. The van der Waals surface area contributed by atoms with E-state index in [1.165, 1.54) is 51.7 Å². The SMILES string of the molecule is NC1CCCC1OCCCN1CCCC1. The fourth-order valence-electron chi connectivity index (χ4n) is 2.69. The van der Waals surface area contributed by atoms with Crippen LogP contribution in [-0.4, -0.2) is 43.3 Å². The average Bonchev–Trinajstić information content (AvgIpc) is 2.85. The highest BCUT2D eigenvalue weighted by Crippen LogP contribution is 2.20. The first kappa shape index (κ1) is 11.4. The fraction of sp³-hybridized carbons (Fsp3) is 1.00. The molecule has 3 heteroatoms. The van der Waals surface area contributed by atoms with E-state index >= 15 is 0 Å². The van der Waals surface area contributed by atoms with Gasteiger partial charge in [-0.25, -0.2) is 0 Å². The first-order valence-electron chi connectivity index (χ1n) is 6.46. The molecule has 0 radical (unpaired) electrons. The summed E-state index contributed by atoms with van der Waals surface area (Å²) in [7, 11) is 0. The Morgan fingerprint density at radius 3 is 2.60 bits per heavy atom. The van der Waals surface area contributed by atoms with Crippen LogP contribution >= 0.6 is 0 Å². The van der Waals surface area contributed by atoms with Gasteiger partial charge >= 0.3 is 0 Å². The summed E-state index contributed by atoms with van der Waals surface area (Å²) in [6.45, 7) is 4.70. The van der Waals surface area contributed by atoms with E-state index in [1.54, 1.807) is 0 Å². The molecule has 2 unspecified atom stereocenters. The summed E-state index contributed by atoms with van der Waals surface area (Å²) in [4.78, 5) is 2.54. The molecule has 1 aliphatic heterocycles. The molecule has 2 aliphatic rings. The van der Waals surface area contributed by atoms with Crippen LogP contribution in [0.3, 0.4) is 0 Å². The van der Waals surface area contributed by atoms with E-state index in [9.17, 15) is 0 Å². The molecule has 2 fully saturated rings. The summed E-state index contributed by atoms with van der Waals surface area (Å²) in [5, 5.41) is 0. The Labute approximate surface area is 93.0 Å². The summed E-state index contributed by atoms with van der Waals surface area (Å²) in [5.74, 6) is 0. The van der Waals surface area contributed by atoms with Crippen molar-refractivity contribution in [2.24, 2.45) is 5.73 Å². The van der Waals surface area contributed by atoms with Crippen molar-refractivity contribution in [3.05, 3.63) is 0 Å². The molecule has 0 aromatic rings. The number of rotatable bonds is 5. The number of nitrogens with two attached hydrogens (primary N) is 1. The number of hydrogen-bond acceptors (Lipinski definition) is 3. The average molecular weight is 212 g/mol. The Morgan fingerprint density at radius 1 is 1.13 bits per heavy atom. The Morgan fingerprint density at radius 2 is 1.93 bits per heavy atom. The van der Waals surface area contributed by atoms with E-state index in [0.717, 1.165) is 13.0 Å². The molecule has 0 aromatic carbocycles. The van der Waals surface area contributed by atoms with Crippen molar-refractivity contribution in [1.82, 2.24) is 4.90 Å². The second-order valence-electron chi connectivity index (χ2n) is 4.91. The zero-order chi connectivity index (χ0) is 10.5. The topological polar surface area (TPSA) is 38.5 Å². The lowest BCUT2D eigenvalue weighted by atomic mass is 10.2. The summed E-state index contributed by atoms with van der Waals surface area (Å²) in [6.07, 6.45) is 7.86. The Bertz CT molecular complexity index is 180. The minimum absolute atomic E-state index is 0.303. The van der Waals surface area contributed by atoms with Crippen LogP contribution in [0.4, 0.5) is 0 Å². The quantitative estimate of drug-likeness (QED) is 0.700. The summed E-state index contributed by atoms with van der Waals surface area (Å²) < 4.78 is 5.82. The second kappa shape index (κ2) is 5.83. The Kier molecular flexibility index (Phi) is 4.42. The first-order valence-corrected chi connectivity index (χ1v) is 6.46. The lowest BCUT2D eigenvalue weighted by molar-refractivity contribution is 0.0429. The highest BCUT2D eigenvalue weighted by atomic mass is 16.5. The summed E-state index contributed by atoms with van der Waals surface area (Å²) in [5.41, 5.74) is 5.95. The second-order valence-corrected chi connectivity index (χ2v) is 4.91. The summed E-state index contributed by atoms with van der Waals surface area (Å²) in [6, 6.07) is 0.303. The molecule has 0 spiro atoms. The van der Waals surface area contributed by atoms with E-state index in [-0.39, 0.29) is 0 Å². The molecule has 1 saturated heterocycles. The van der Waals surface area contributed by atoms with Gasteiger partial charge in [0.15, 0.2) is 0 Å². The van der Waals surface area contributed by atoms with Crippen molar-refractivity contribution < 1.29 is 4.74 Å². The molecule has 0 bridgehead atoms. The van der Waals surface area contributed by atoms with Gasteiger partial charge in [-0.1, -0.05) is 0 Å². The van der Waals surface area contributed by atoms with Crippen LogP contribution in [0.1, 0.15) is 38.5 Å². The van der Waals surface area contributed by atoms with Gasteiger partial charge < -0.3 is 15.4 Å². The number of nitrogens with zero attached hydrogens (tertiary/aromatic N) is 1. The van der Waals surface area contributed by atoms with Gasteiger partial charge in [0.2, 0.25) is 0 Å². The van der Waals surface area contributed by atoms with Gasteiger partial charge in [-0.05, 0) is 51.6 Å². The molecular formula is C12H24N2O. The van der Waals surface area contributed by atoms with Crippen molar-refractivity contribution >= 4 is 0 Å². The number of ether oxygens (including phenoxy) is 1. The van der Waals surface area contributed by atoms with Crippen LogP contribution in [0.5, 0.6) is 0 Å². The Hall–Kier alpha value is -0.120. The smallest absolute Gasteiger partial charge is 0.0725 e.